The molecule has 1 fully saturated rings. The summed E-state index contributed by atoms with van der Waals surface area (Å²) in [6.07, 6.45) is 2.27. The fourth-order valence-corrected chi connectivity index (χ4v) is 1.68. The van der Waals surface area contributed by atoms with Crippen LogP contribution in [0, 0.1) is 0 Å². The third-order valence-corrected chi connectivity index (χ3v) is 2.50. The molecule has 0 saturated carbocycles. The van der Waals surface area contributed by atoms with Gasteiger partial charge in [-0.25, -0.2) is 0 Å². The Bertz CT molecular complexity index is 242. The van der Waals surface area contributed by atoms with Crippen LogP contribution in [0.3, 0.4) is 0 Å². The van der Waals surface area contributed by atoms with Crippen LogP contribution in [0.4, 0.5) is 0 Å². The van der Waals surface area contributed by atoms with Gasteiger partial charge in [-0.2, -0.15) is 0 Å². The molecule has 2 amide bonds. The van der Waals surface area contributed by atoms with Gasteiger partial charge in [-0.3, -0.25) is 9.59 Å². The molecule has 0 aromatic rings. The average molecular weight is 250 g/mol. The van der Waals surface area contributed by atoms with E-state index in [1.165, 1.54) is 13.3 Å². The lowest BCUT2D eigenvalue weighted by Gasteiger charge is -2.15. The molecule has 6 heteroatoms. The van der Waals surface area contributed by atoms with Crippen molar-refractivity contribution < 1.29 is 9.59 Å². The first kappa shape index (κ1) is 15.2. The highest BCUT2D eigenvalue weighted by Gasteiger charge is 2.17. The van der Waals surface area contributed by atoms with Crippen LogP contribution in [-0.2, 0) is 9.59 Å². The van der Waals surface area contributed by atoms with E-state index >= 15 is 0 Å². The van der Waals surface area contributed by atoms with Crippen LogP contribution in [0.25, 0.3) is 0 Å². The zero-order chi connectivity index (χ0) is 11.3. The Morgan fingerprint density at radius 1 is 1.50 bits per heavy atom. The Kier molecular flexibility index (Phi) is 7.08. The van der Waals surface area contributed by atoms with Gasteiger partial charge in [0.15, 0.2) is 0 Å². The molecule has 0 spiro atoms. The molecule has 1 aliphatic rings. The fraction of sp³-hybridized carbons (Fsp3) is 0.800. The van der Waals surface area contributed by atoms with Crippen molar-refractivity contribution in [2.45, 2.75) is 38.8 Å². The first-order valence-electron chi connectivity index (χ1n) is 5.38. The van der Waals surface area contributed by atoms with Crippen LogP contribution in [0.15, 0.2) is 0 Å². The quantitative estimate of drug-likeness (QED) is 0.646. The maximum absolute atomic E-state index is 11.5. The predicted molar refractivity (Wildman–Crippen MR) is 64.6 cm³/mol. The summed E-state index contributed by atoms with van der Waals surface area (Å²) in [4.78, 5) is 22.2. The summed E-state index contributed by atoms with van der Waals surface area (Å²) in [6, 6.07) is -0.0672. The van der Waals surface area contributed by atoms with E-state index in [9.17, 15) is 9.59 Å². The van der Waals surface area contributed by atoms with Gasteiger partial charge in [-0.05, 0) is 26.3 Å². The van der Waals surface area contributed by atoms with Crippen molar-refractivity contribution in [3.63, 3.8) is 0 Å². The number of halogens is 1. The van der Waals surface area contributed by atoms with Crippen LogP contribution >= 0.6 is 12.4 Å². The molecule has 0 aromatic heterocycles. The van der Waals surface area contributed by atoms with E-state index in [0.29, 0.717) is 12.6 Å². The highest BCUT2D eigenvalue weighted by atomic mass is 35.5. The van der Waals surface area contributed by atoms with E-state index in [1.54, 1.807) is 6.92 Å². The lowest BCUT2D eigenvalue weighted by atomic mass is 10.2. The van der Waals surface area contributed by atoms with Gasteiger partial charge in [-0.1, -0.05) is 0 Å². The summed E-state index contributed by atoms with van der Waals surface area (Å²) < 4.78 is 0. The van der Waals surface area contributed by atoms with E-state index in [0.717, 1.165) is 13.0 Å². The summed E-state index contributed by atoms with van der Waals surface area (Å²) >= 11 is 0. The van der Waals surface area contributed by atoms with E-state index < -0.39 is 6.04 Å². The van der Waals surface area contributed by atoms with Crippen molar-refractivity contribution in [3.05, 3.63) is 0 Å². The Labute approximate surface area is 102 Å². The van der Waals surface area contributed by atoms with Crippen LogP contribution < -0.4 is 16.0 Å². The molecule has 1 rings (SSSR count). The average Bonchev–Trinajstić information content (AvgIpc) is 2.65. The first-order chi connectivity index (χ1) is 7.09. The van der Waals surface area contributed by atoms with E-state index in [2.05, 4.69) is 16.0 Å². The van der Waals surface area contributed by atoms with Crippen molar-refractivity contribution in [1.82, 2.24) is 16.0 Å². The van der Waals surface area contributed by atoms with Gasteiger partial charge < -0.3 is 16.0 Å². The van der Waals surface area contributed by atoms with Gasteiger partial charge in [0.1, 0.15) is 6.04 Å². The summed E-state index contributed by atoms with van der Waals surface area (Å²) in [5, 5.41) is 8.65. The van der Waals surface area contributed by atoms with Gasteiger partial charge in [-0.15, -0.1) is 12.4 Å². The van der Waals surface area contributed by atoms with Crippen LogP contribution in [0.5, 0.6) is 0 Å². The zero-order valence-electron chi connectivity index (χ0n) is 9.71. The third-order valence-electron chi connectivity index (χ3n) is 2.50. The molecule has 0 bridgehead atoms. The third kappa shape index (κ3) is 5.32. The second-order valence-corrected chi connectivity index (χ2v) is 3.96. The summed E-state index contributed by atoms with van der Waals surface area (Å²) in [6.45, 7) is 4.76. The monoisotopic (exact) mass is 249 g/mol. The van der Waals surface area contributed by atoms with E-state index in [-0.39, 0.29) is 24.2 Å². The van der Waals surface area contributed by atoms with Crippen molar-refractivity contribution in [1.29, 1.82) is 0 Å². The topological polar surface area (TPSA) is 70.2 Å². The molecule has 94 valence electrons. The number of carbonyl (C=O) groups excluding carboxylic acids is 2. The molecule has 1 saturated heterocycles. The predicted octanol–water partition coefficient (Wildman–Crippen LogP) is -0.199. The van der Waals surface area contributed by atoms with Crippen LogP contribution in [0.2, 0.25) is 0 Å². The zero-order valence-corrected chi connectivity index (χ0v) is 10.5. The molecule has 1 heterocycles. The largest absolute Gasteiger partial charge is 0.353 e. The summed E-state index contributed by atoms with van der Waals surface area (Å²) in [5.41, 5.74) is 0. The maximum atomic E-state index is 11.5. The molecule has 3 N–H and O–H groups in total. The van der Waals surface area contributed by atoms with Crippen molar-refractivity contribution in [2.75, 3.05) is 13.1 Å². The molecular weight excluding hydrogens is 230 g/mol. The molecular formula is C10H20ClN3O2. The smallest absolute Gasteiger partial charge is 0.242 e. The number of hydrogen-bond acceptors (Lipinski definition) is 3. The summed E-state index contributed by atoms with van der Waals surface area (Å²) in [5.74, 6) is -0.310. The minimum Gasteiger partial charge on any atom is -0.353 e. The first-order valence-corrected chi connectivity index (χ1v) is 5.38. The minimum absolute atomic E-state index is 0. The number of carbonyl (C=O) groups is 2. The van der Waals surface area contributed by atoms with Gasteiger partial charge in [0, 0.05) is 19.5 Å². The van der Waals surface area contributed by atoms with E-state index in [1.807, 2.05) is 0 Å². The van der Waals surface area contributed by atoms with Crippen molar-refractivity contribution >= 4 is 24.2 Å². The Hall–Kier alpha value is -0.810. The Morgan fingerprint density at radius 3 is 2.69 bits per heavy atom. The van der Waals surface area contributed by atoms with Gasteiger partial charge in [0.25, 0.3) is 0 Å². The second kappa shape index (κ2) is 7.46. The van der Waals surface area contributed by atoms with Crippen molar-refractivity contribution in [3.8, 4) is 0 Å². The molecule has 1 aliphatic heterocycles. The molecule has 2 atom stereocenters. The lowest BCUT2D eigenvalue weighted by Crippen LogP contribution is -2.47. The molecule has 5 nitrogen and oxygen atoms in total. The number of hydrogen-bond donors (Lipinski definition) is 3. The maximum Gasteiger partial charge on any atom is 0.242 e. The molecule has 0 radical (unpaired) electrons. The molecule has 2 unspecified atom stereocenters. The van der Waals surface area contributed by atoms with Gasteiger partial charge >= 0.3 is 0 Å². The molecule has 0 aliphatic carbocycles. The van der Waals surface area contributed by atoms with Crippen LogP contribution in [-0.4, -0.2) is 37.0 Å². The number of nitrogens with one attached hydrogen (secondary N) is 3. The highest BCUT2D eigenvalue weighted by molar-refractivity contribution is 5.86. The molecule has 0 aromatic carbocycles. The summed E-state index contributed by atoms with van der Waals surface area (Å²) in [7, 11) is 0. The Morgan fingerprint density at radius 2 is 2.19 bits per heavy atom. The number of rotatable bonds is 4. The second-order valence-electron chi connectivity index (χ2n) is 3.96. The van der Waals surface area contributed by atoms with E-state index in [4.69, 9.17) is 0 Å². The number of amides is 2. The van der Waals surface area contributed by atoms with Crippen molar-refractivity contribution in [2.24, 2.45) is 0 Å². The fourth-order valence-electron chi connectivity index (χ4n) is 1.68. The standard InChI is InChI=1S/C10H19N3O2.ClH/c1-7(13-8(2)14)10(15)12-6-9-4-3-5-11-9;/h7,9,11H,3-6H2,1-2H3,(H,12,15)(H,13,14);1H. The Balaban J connectivity index is 0.00000225. The molecule has 16 heavy (non-hydrogen) atoms. The van der Waals surface area contributed by atoms with Gasteiger partial charge in [0.05, 0.1) is 0 Å². The highest BCUT2D eigenvalue weighted by Crippen LogP contribution is 2.02. The SMILES string of the molecule is CC(=O)NC(C)C(=O)NCC1CCCN1.Cl. The minimum atomic E-state index is -0.455. The normalized spacial score (nSPS) is 20.8. The van der Waals surface area contributed by atoms with Gasteiger partial charge in [0.2, 0.25) is 11.8 Å². The lowest BCUT2D eigenvalue weighted by molar-refractivity contribution is -0.127. The van der Waals surface area contributed by atoms with Crippen LogP contribution in [0.1, 0.15) is 26.7 Å².